The molecule has 1 aliphatic rings. The Morgan fingerprint density at radius 2 is 1.77 bits per heavy atom. The van der Waals surface area contributed by atoms with Crippen molar-refractivity contribution < 1.29 is 9.59 Å². The van der Waals surface area contributed by atoms with Crippen LogP contribution in [-0.2, 0) is 9.59 Å². The Hall–Kier alpha value is -0.570. The first kappa shape index (κ1) is 10.5. The number of carbonyl (C=O) groups excluding carboxylic acids is 2. The number of amides is 2. The van der Waals surface area contributed by atoms with Crippen molar-refractivity contribution in [3.63, 3.8) is 0 Å². The minimum atomic E-state index is -0.0224. The maximum Gasteiger partial charge on any atom is 0.229 e. The highest BCUT2D eigenvalue weighted by atomic mass is 35.5. The lowest BCUT2D eigenvalue weighted by Crippen LogP contribution is -2.40. The van der Waals surface area contributed by atoms with Gasteiger partial charge in [-0.3, -0.25) is 14.5 Å². The topological polar surface area (TPSA) is 37.4 Å². The van der Waals surface area contributed by atoms with Crippen LogP contribution < -0.4 is 0 Å². The van der Waals surface area contributed by atoms with Crippen LogP contribution in [0.2, 0.25) is 0 Å². The molecule has 4 heteroatoms. The van der Waals surface area contributed by atoms with Gasteiger partial charge in [0, 0.05) is 25.3 Å². The summed E-state index contributed by atoms with van der Waals surface area (Å²) in [5.41, 5.74) is 0. The first-order valence-corrected chi connectivity index (χ1v) is 5.18. The molecule has 1 saturated heterocycles. The lowest BCUT2D eigenvalue weighted by Gasteiger charge is -2.24. The van der Waals surface area contributed by atoms with Crippen molar-refractivity contribution in [2.24, 2.45) is 0 Å². The van der Waals surface area contributed by atoms with Crippen LogP contribution in [0.5, 0.6) is 0 Å². The number of nitrogens with zero attached hydrogens (tertiary/aromatic N) is 1. The zero-order valence-electron chi connectivity index (χ0n) is 7.59. The van der Waals surface area contributed by atoms with Crippen molar-refractivity contribution >= 4 is 23.4 Å². The van der Waals surface area contributed by atoms with Crippen LogP contribution >= 0.6 is 11.6 Å². The second-order valence-electron chi connectivity index (χ2n) is 3.19. The van der Waals surface area contributed by atoms with E-state index in [1.54, 1.807) is 0 Å². The molecule has 13 heavy (non-hydrogen) atoms. The Morgan fingerprint density at radius 3 is 2.31 bits per heavy atom. The van der Waals surface area contributed by atoms with Crippen molar-refractivity contribution in [2.75, 3.05) is 12.4 Å². The average Bonchev–Trinajstić information content (AvgIpc) is 2.10. The van der Waals surface area contributed by atoms with E-state index in [4.69, 9.17) is 11.6 Å². The largest absolute Gasteiger partial charge is 0.283 e. The average molecular weight is 204 g/mol. The number of alkyl halides is 1. The quantitative estimate of drug-likeness (QED) is 0.395. The maximum atomic E-state index is 11.3. The van der Waals surface area contributed by atoms with Gasteiger partial charge in [-0.2, -0.15) is 0 Å². The van der Waals surface area contributed by atoms with E-state index in [9.17, 15) is 9.59 Å². The van der Waals surface area contributed by atoms with Crippen LogP contribution in [0.3, 0.4) is 0 Å². The van der Waals surface area contributed by atoms with Crippen LogP contribution in [0.15, 0.2) is 0 Å². The van der Waals surface area contributed by atoms with Crippen LogP contribution in [0, 0.1) is 0 Å². The number of hydrogen-bond acceptors (Lipinski definition) is 2. The molecular weight excluding hydrogens is 190 g/mol. The fourth-order valence-electron chi connectivity index (χ4n) is 1.41. The van der Waals surface area contributed by atoms with E-state index in [0.717, 1.165) is 12.8 Å². The molecule has 0 aromatic rings. The molecule has 0 bridgehead atoms. The third kappa shape index (κ3) is 2.99. The summed E-state index contributed by atoms with van der Waals surface area (Å²) < 4.78 is 0. The highest BCUT2D eigenvalue weighted by molar-refractivity contribution is 6.17. The summed E-state index contributed by atoms with van der Waals surface area (Å²) in [5.74, 6) is 0.549. The minimum Gasteiger partial charge on any atom is -0.283 e. The van der Waals surface area contributed by atoms with Gasteiger partial charge < -0.3 is 0 Å². The van der Waals surface area contributed by atoms with Gasteiger partial charge >= 0.3 is 0 Å². The number of hydrogen-bond donors (Lipinski definition) is 0. The molecule has 0 aromatic carbocycles. The highest BCUT2D eigenvalue weighted by Crippen LogP contribution is 2.12. The van der Waals surface area contributed by atoms with Crippen molar-refractivity contribution in [1.82, 2.24) is 4.90 Å². The molecule has 1 aliphatic heterocycles. The van der Waals surface area contributed by atoms with Gasteiger partial charge in [0.25, 0.3) is 0 Å². The summed E-state index contributed by atoms with van der Waals surface area (Å²) in [6.45, 7) is 0.546. The molecule has 0 radical (unpaired) electrons. The summed E-state index contributed by atoms with van der Waals surface area (Å²) in [6, 6.07) is 0. The number of halogens is 1. The Labute approximate surface area is 83.0 Å². The zero-order chi connectivity index (χ0) is 9.68. The van der Waals surface area contributed by atoms with Gasteiger partial charge in [-0.15, -0.1) is 11.6 Å². The van der Waals surface area contributed by atoms with Crippen LogP contribution in [0.1, 0.15) is 32.1 Å². The number of likely N-dealkylation sites (tertiary alicyclic amines) is 1. The van der Waals surface area contributed by atoms with Crippen molar-refractivity contribution in [2.45, 2.75) is 32.1 Å². The van der Waals surface area contributed by atoms with E-state index in [0.29, 0.717) is 31.7 Å². The first-order chi connectivity index (χ1) is 6.25. The number of rotatable bonds is 4. The normalized spacial score (nSPS) is 18.1. The molecule has 0 atom stereocenters. The zero-order valence-corrected chi connectivity index (χ0v) is 8.35. The van der Waals surface area contributed by atoms with E-state index in [-0.39, 0.29) is 11.8 Å². The van der Waals surface area contributed by atoms with Crippen LogP contribution in [0.4, 0.5) is 0 Å². The number of unbranched alkanes of at least 4 members (excludes halogenated alkanes) is 1. The van der Waals surface area contributed by atoms with Crippen molar-refractivity contribution in [1.29, 1.82) is 0 Å². The fraction of sp³-hybridized carbons (Fsp3) is 0.778. The van der Waals surface area contributed by atoms with Gasteiger partial charge in [0.2, 0.25) is 11.8 Å². The molecule has 0 saturated carbocycles. The second kappa shape index (κ2) is 5.22. The molecule has 0 N–H and O–H groups in total. The lowest BCUT2D eigenvalue weighted by molar-refractivity contribution is -0.147. The molecule has 1 rings (SSSR count). The summed E-state index contributed by atoms with van der Waals surface area (Å²) in [4.78, 5) is 23.9. The predicted molar refractivity (Wildman–Crippen MR) is 50.5 cm³/mol. The monoisotopic (exact) mass is 203 g/mol. The van der Waals surface area contributed by atoms with Crippen LogP contribution in [-0.4, -0.2) is 29.1 Å². The summed E-state index contributed by atoms with van der Waals surface area (Å²) in [7, 11) is 0. The van der Waals surface area contributed by atoms with E-state index in [2.05, 4.69) is 0 Å². The molecule has 74 valence electrons. The third-order valence-corrected chi connectivity index (χ3v) is 2.42. The lowest BCUT2D eigenvalue weighted by atomic mass is 10.1. The van der Waals surface area contributed by atoms with Gasteiger partial charge in [0.15, 0.2) is 0 Å². The summed E-state index contributed by atoms with van der Waals surface area (Å²) >= 11 is 5.50. The SMILES string of the molecule is O=C1CCCC(=O)N1CCCCCl. The van der Waals surface area contributed by atoms with Gasteiger partial charge in [0.05, 0.1) is 0 Å². The highest BCUT2D eigenvalue weighted by Gasteiger charge is 2.24. The molecular formula is C9H14ClNO2. The van der Waals surface area contributed by atoms with Gasteiger partial charge in [-0.25, -0.2) is 0 Å². The van der Waals surface area contributed by atoms with Crippen molar-refractivity contribution in [3.05, 3.63) is 0 Å². The summed E-state index contributed by atoms with van der Waals surface area (Å²) in [5, 5.41) is 0. The Kier molecular flexibility index (Phi) is 4.22. The van der Waals surface area contributed by atoms with E-state index >= 15 is 0 Å². The number of imide groups is 1. The molecule has 2 amide bonds. The predicted octanol–water partition coefficient (Wildman–Crippen LogP) is 1.54. The molecule has 0 spiro atoms. The van der Waals surface area contributed by atoms with E-state index < -0.39 is 0 Å². The van der Waals surface area contributed by atoms with Crippen LogP contribution in [0.25, 0.3) is 0 Å². The molecule has 1 fully saturated rings. The standard InChI is InChI=1S/C9H14ClNO2/c10-6-1-2-7-11-8(12)4-3-5-9(11)13/h1-7H2. The third-order valence-electron chi connectivity index (χ3n) is 2.15. The molecule has 3 nitrogen and oxygen atoms in total. The molecule has 0 aliphatic carbocycles. The minimum absolute atomic E-state index is 0.0224. The molecule has 0 unspecified atom stereocenters. The maximum absolute atomic E-state index is 11.3. The summed E-state index contributed by atoms with van der Waals surface area (Å²) in [6.07, 6.45) is 3.43. The second-order valence-corrected chi connectivity index (χ2v) is 3.57. The van der Waals surface area contributed by atoms with Gasteiger partial charge in [-0.1, -0.05) is 0 Å². The van der Waals surface area contributed by atoms with E-state index in [1.807, 2.05) is 0 Å². The number of carbonyl (C=O) groups is 2. The Bertz CT molecular complexity index is 190. The number of piperidine rings is 1. The van der Waals surface area contributed by atoms with Crippen molar-refractivity contribution in [3.8, 4) is 0 Å². The molecule has 1 heterocycles. The first-order valence-electron chi connectivity index (χ1n) is 4.65. The van der Waals surface area contributed by atoms with E-state index in [1.165, 1.54) is 4.90 Å². The Balaban J connectivity index is 2.35. The Morgan fingerprint density at radius 1 is 1.15 bits per heavy atom. The molecule has 0 aromatic heterocycles. The smallest absolute Gasteiger partial charge is 0.229 e. The van der Waals surface area contributed by atoms with Gasteiger partial charge in [-0.05, 0) is 19.3 Å². The van der Waals surface area contributed by atoms with Gasteiger partial charge in [0.1, 0.15) is 0 Å². The fourth-order valence-corrected chi connectivity index (χ4v) is 1.60.